The smallest absolute Gasteiger partial charge is 0.224 e. The predicted molar refractivity (Wildman–Crippen MR) is 455 cm³/mol. The number of amides is 3. The molecule has 115 heavy (non-hydrogen) atoms. The Bertz CT molecular complexity index is 4750. The predicted octanol–water partition coefficient (Wildman–Crippen LogP) is 17.2. The minimum atomic E-state index is -3.43. The van der Waals surface area contributed by atoms with Crippen molar-refractivity contribution in [3.63, 3.8) is 0 Å². The van der Waals surface area contributed by atoms with Gasteiger partial charge in [0, 0.05) is 104 Å². The third kappa shape index (κ3) is 26.0. The molecule has 0 spiro atoms. The normalized spacial score (nSPS) is 19.9. The van der Waals surface area contributed by atoms with Gasteiger partial charge in [-0.1, -0.05) is 242 Å². The number of hydrogen-bond donors (Lipinski definition) is 3. The van der Waals surface area contributed by atoms with Crippen LogP contribution in [0.2, 0.25) is 0 Å². The van der Waals surface area contributed by atoms with Gasteiger partial charge in [-0.25, -0.2) is 8.42 Å². The van der Waals surface area contributed by atoms with Gasteiger partial charge >= 0.3 is 0 Å². The van der Waals surface area contributed by atoms with Crippen LogP contribution >= 0.6 is 0 Å². The lowest BCUT2D eigenvalue weighted by molar-refractivity contribution is -0.132. The summed E-state index contributed by atoms with van der Waals surface area (Å²) in [7, 11) is -3.43. The molecule has 0 bridgehead atoms. The van der Waals surface area contributed by atoms with Gasteiger partial charge in [0.05, 0.1) is 12.1 Å². The van der Waals surface area contributed by atoms with Crippen LogP contribution in [-0.2, 0) is 94.6 Å². The third-order valence-electron chi connectivity index (χ3n) is 24.1. The number of nitrogens with one attached hydrogen (secondary N) is 3. The van der Waals surface area contributed by atoms with Crippen molar-refractivity contribution < 1.29 is 61.1 Å². The van der Waals surface area contributed by atoms with Crippen LogP contribution in [0.3, 0.4) is 0 Å². The number of ketones is 6. The average Bonchev–Trinajstić information content (AvgIpc) is 1.62. The van der Waals surface area contributed by atoms with Crippen LogP contribution in [0.25, 0.3) is 32.3 Å². The molecule has 4 fully saturated rings. The number of aldehydes is 1. The summed E-state index contributed by atoms with van der Waals surface area (Å²) < 4.78 is 29.6. The van der Waals surface area contributed by atoms with E-state index in [-0.39, 0.29) is 113 Å². The molecule has 8 aromatic rings. The molecule has 1 saturated heterocycles. The summed E-state index contributed by atoms with van der Waals surface area (Å²) in [5, 5.41) is 16.0. The van der Waals surface area contributed by atoms with Gasteiger partial charge in [-0.2, -0.15) is 0 Å². The second-order valence-electron chi connectivity index (χ2n) is 33.7. The number of ether oxygens (including phenoxy) is 1. The van der Waals surface area contributed by atoms with Gasteiger partial charge in [0.1, 0.15) is 47.1 Å². The largest absolute Gasteiger partial charge is 0.353 e. The molecule has 610 valence electrons. The molecule has 17 heteroatoms. The van der Waals surface area contributed by atoms with E-state index in [4.69, 9.17) is 4.74 Å². The molecular weight excluding hydrogens is 1460 g/mol. The minimum absolute atomic E-state index is 0.0270. The third-order valence-corrected chi connectivity index (χ3v) is 25.4. The molecule has 3 N–H and O–H groups in total. The molecule has 0 aromatic heterocycles. The van der Waals surface area contributed by atoms with Gasteiger partial charge in [0.15, 0.2) is 15.3 Å². The standard InChI is InChI=1S/C34H41NO3.C33H37NO4.C31H41NO6S/c1-3-30(22-28-15-8-10-19-32(28)36)35-34(38)29(21-25-12-5-4-6-13-25)23-33(37)24(2)20-27-17-11-16-26-14-7-9-18-31(26)27;1-23(18-26-15-9-14-25-12-5-7-16-30(25)26)32(37)21-28(19-24-10-3-2-4-11-24)33(38)34-29(22-35)20-27-13-6-8-17-31(27)36;1-19(2)15-24(18-28(34)20(3)16-22-11-7-10-21-9-5-6-13-25(21)22)30(35)32-26(17-23-12-8-14-27(23)33)29-31(38-29)39(4,36)37/h4-7,9,11-14,16-18,24,28-30H,3,8,10,15,19-23H2,1-2H3,(H,35,38);2-5,7,9-12,14-16,22-23,27-29H,6,8,13,17-21H2,1H3,(H,34,38);5-7,9-11,13,19-20,23-24,26,29,31H,8,12,14-18H2,1-4H3,(H,32,35)/t24-,28-,29+,30+;23-,27-,28+,29-;20-,23-,24+,26-,29?,31?/m000/s1. The van der Waals surface area contributed by atoms with Gasteiger partial charge in [-0.3, -0.25) is 43.2 Å². The van der Waals surface area contributed by atoms with E-state index in [0.29, 0.717) is 82.8 Å². The van der Waals surface area contributed by atoms with Crippen LogP contribution in [0, 0.1) is 59.2 Å². The number of benzene rings is 8. The highest BCUT2D eigenvalue weighted by Crippen LogP contribution is 2.37. The lowest BCUT2D eigenvalue weighted by Crippen LogP contribution is -2.45. The Hall–Kier alpha value is -9.45. The van der Waals surface area contributed by atoms with Crippen molar-refractivity contribution in [2.75, 3.05) is 6.26 Å². The van der Waals surface area contributed by atoms with Crippen LogP contribution in [0.1, 0.15) is 191 Å². The first-order valence-electron chi connectivity index (χ1n) is 42.2. The zero-order valence-corrected chi connectivity index (χ0v) is 69.1. The topological polar surface area (TPSA) is 253 Å². The van der Waals surface area contributed by atoms with Gasteiger partial charge in [0.25, 0.3) is 0 Å². The summed E-state index contributed by atoms with van der Waals surface area (Å²) in [6.07, 6.45) is 16.0. The molecule has 3 amide bonds. The van der Waals surface area contributed by atoms with E-state index in [1.54, 1.807) is 0 Å². The van der Waals surface area contributed by atoms with Crippen molar-refractivity contribution >= 4 is 101 Å². The minimum Gasteiger partial charge on any atom is -0.353 e. The molecule has 8 aromatic carbocycles. The lowest BCUT2D eigenvalue weighted by atomic mass is 9.82. The van der Waals surface area contributed by atoms with Gasteiger partial charge in [-0.05, 0) is 169 Å². The quantitative estimate of drug-likeness (QED) is 0.0242. The number of hydrogen-bond acceptors (Lipinski definition) is 13. The maximum absolute atomic E-state index is 13.6. The van der Waals surface area contributed by atoms with E-state index >= 15 is 0 Å². The van der Waals surface area contributed by atoms with Crippen LogP contribution in [0.5, 0.6) is 0 Å². The zero-order chi connectivity index (χ0) is 82.1. The summed E-state index contributed by atoms with van der Waals surface area (Å²) in [4.78, 5) is 130. The van der Waals surface area contributed by atoms with E-state index in [1.165, 1.54) is 10.8 Å². The monoisotopic (exact) mass is 1580 g/mol. The van der Waals surface area contributed by atoms with E-state index in [9.17, 15) is 56.4 Å². The Labute approximate surface area is 680 Å². The number of epoxide rings is 1. The fourth-order valence-corrected chi connectivity index (χ4v) is 18.4. The summed E-state index contributed by atoms with van der Waals surface area (Å²) in [6.45, 7) is 11.9. The van der Waals surface area contributed by atoms with Crippen molar-refractivity contribution in [3.8, 4) is 0 Å². The Morgan fingerprint density at radius 1 is 0.435 bits per heavy atom. The Balaban J connectivity index is 0.000000182. The highest BCUT2D eigenvalue weighted by Gasteiger charge is 2.53. The molecule has 0 radical (unpaired) electrons. The second kappa shape index (κ2) is 43.0. The average molecular weight is 1580 g/mol. The van der Waals surface area contributed by atoms with Crippen LogP contribution < -0.4 is 16.0 Å². The summed E-state index contributed by atoms with van der Waals surface area (Å²) in [5.41, 5.74) is 4.44. The summed E-state index contributed by atoms with van der Waals surface area (Å²) >= 11 is 0. The molecule has 12 rings (SSSR count). The number of rotatable bonds is 37. The SMILES string of the molecule is CC(C)C[C@H](CC(=O)[C@@H](C)Cc1cccc2ccccc12)C(=O)N[C@@H](C[C@@H]1CCCC1=O)C1OC1S(C)(=O)=O.CC[C@H](C[C@@H]1CCCCC1=O)NC(=O)[C@@H](CC(=O)[C@@H](C)Cc1cccc2ccccc12)Cc1ccccc1.C[C@@H](Cc1cccc2ccccc12)C(=O)C[C@@H](Cc1ccccc1)C(=O)N[C@H](C=O)C[C@@H]1CCCCC1=O. The maximum Gasteiger partial charge on any atom is 0.224 e. The van der Waals surface area contributed by atoms with Crippen LogP contribution in [0.4, 0.5) is 0 Å². The Morgan fingerprint density at radius 3 is 1.21 bits per heavy atom. The Morgan fingerprint density at radius 2 is 0.809 bits per heavy atom. The van der Waals surface area contributed by atoms with E-state index in [1.807, 2.05) is 156 Å². The second-order valence-corrected chi connectivity index (χ2v) is 35.8. The molecule has 16 nitrogen and oxygen atoms in total. The van der Waals surface area contributed by atoms with Crippen molar-refractivity contribution in [2.45, 2.75) is 225 Å². The molecule has 2 unspecified atom stereocenters. The maximum atomic E-state index is 13.6. The summed E-state index contributed by atoms with van der Waals surface area (Å²) in [6, 6.07) is 61.2. The molecule has 3 aliphatic carbocycles. The fraction of sp³-hybridized carbons (Fsp3) is 0.469. The molecule has 4 aliphatic rings. The zero-order valence-electron chi connectivity index (χ0n) is 68.3. The van der Waals surface area contributed by atoms with Gasteiger partial charge < -0.3 is 25.5 Å². The molecule has 3 saturated carbocycles. The summed E-state index contributed by atoms with van der Waals surface area (Å²) in [5.74, 6) is -2.23. The van der Waals surface area contributed by atoms with Crippen molar-refractivity contribution in [1.82, 2.24) is 16.0 Å². The highest BCUT2D eigenvalue weighted by molar-refractivity contribution is 7.91. The number of carbonyl (C=O) groups excluding carboxylic acids is 10. The number of Topliss-reactive ketones (excluding diaryl/α,β-unsaturated/α-hetero) is 6. The first kappa shape index (κ1) is 87.9. The van der Waals surface area contributed by atoms with E-state index in [2.05, 4.69) is 89.6 Å². The molecule has 14 atom stereocenters. The fourth-order valence-electron chi connectivity index (χ4n) is 17.4. The highest BCUT2D eigenvalue weighted by atomic mass is 32.2. The number of fused-ring (bicyclic) bond motifs is 3. The Kier molecular flexibility index (Phi) is 32.8. The van der Waals surface area contributed by atoms with Gasteiger partial charge in [-0.15, -0.1) is 0 Å². The molecule has 1 aliphatic heterocycles. The first-order chi connectivity index (χ1) is 55.3. The van der Waals surface area contributed by atoms with E-state index < -0.39 is 51.2 Å². The van der Waals surface area contributed by atoms with Crippen molar-refractivity contribution in [2.24, 2.45) is 59.2 Å². The van der Waals surface area contributed by atoms with Crippen molar-refractivity contribution in [1.29, 1.82) is 0 Å². The number of sulfone groups is 1. The van der Waals surface area contributed by atoms with Crippen LogP contribution in [-0.4, -0.2) is 103 Å². The van der Waals surface area contributed by atoms with Gasteiger partial charge in [0.2, 0.25) is 17.7 Å². The molecule has 1 heterocycles. The first-order valence-corrected chi connectivity index (χ1v) is 44.1. The van der Waals surface area contributed by atoms with E-state index in [0.717, 1.165) is 120 Å². The van der Waals surface area contributed by atoms with Crippen LogP contribution in [0.15, 0.2) is 188 Å². The van der Waals surface area contributed by atoms with Crippen molar-refractivity contribution in [3.05, 3.63) is 216 Å². The number of carbonyl (C=O) groups is 10. The molecular formula is C98H119N3O13S. The lowest BCUT2D eigenvalue weighted by Gasteiger charge is -2.27.